The van der Waals surface area contributed by atoms with Crippen LogP contribution in [0.3, 0.4) is 0 Å². The average Bonchev–Trinajstić information content (AvgIpc) is 3.60. The molecule has 1 saturated carbocycles. The number of likely N-dealkylation sites (tertiary alicyclic amines) is 1. The Morgan fingerprint density at radius 1 is 1.18 bits per heavy atom. The Kier molecular flexibility index (Phi) is 6.30. The predicted octanol–water partition coefficient (Wildman–Crippen LogP) is 4.49. The lowest BCUT2D eigenvalue weighted by molar-refractivity contribution is -0.138. The Morgan fingerprint density at radius 3 is 2.62 bits per heavy atom. The van der Waals surface area contributed by atoms with Crippen molar-refractivity contribution in [1.29, 1.82) is 0 Å². The van der Waals surface area contributed by atoms with Crippen LogP contribution in [0, 0.1) is 11.8 Å². The Hall–Kier alpha value is -3.24. The molecule has 0 unspecified atom stereocenters. The summed E-state index contributed by atoms with van der Waals surface area (Å²) in [5, 5.41) is 8.47. The number of rotatable bonds is 6. The second kappa shape index (κ2) is 9.45. The van der Waals surface area contributed by atoms with Crippen LogP contribution in [-0.2, 0) is 31.7 Å². The molecule has 2 aromatic carbocycles. The Balaban J connectivity index is 1.34. The molecule has 1 amide bonds. The van der Waals surface area contributed by atoms with Gasteiger partial charge < -0.3 is 15.2 Å². The first-order valence-corrected chi connectivity index (χ1v) is 13.5. The number of nitrogens with two attached hydrogens (primary N) is 1. The minimum absolute atomic E-state index is 0.0446. The van der Waals surface area contributed by atoms with Gasteiger partial charge in [-0.05, 0) is 85.1 Å². The van der Waals surface area contributed by atoms with Gasteiger partial charge in [0.15, 0.2) is 0 Å². The fourth-order valence-corrected chi connectivity index (χ4v) is 6.89. The Bertz CT molecular complexity index is 1410. The SMILES string of the molecule is CC1CC(c2cccc(N3Cc4c(cc(CN5CC[C@H](CN)C5)cc4C(F)(F)F)C3=O)c2)(c2nncn2C)C1. The number of hydrogen-bond donors (Lipinski definition) is 1. The number of carbonyl (C=O) groups excluding carboxylic acids is 1. The maximum atomic E-state index is 14.2. The van der Waals surface area contributed by atoms with Crippen LogP contribution < -0.4 is 10.6 Å². The van der Waals surface area contributed by atoms with Crippen molar-refractivity contribution in [3.63, 3.8) is 0 Å². The number of aryl methyl sites for hydroxylation is 1. The third-order valence-corrected chi connectivity index (χ3v) is 8.76. The monoisotopic (exact) mass is 538 g/mol. The van der Waals surface area contributed by atoms with Gasteiger partial charge in [-0.2, -0.15) is 13.2 Å². The summed E-state index contributed by atoms with van der Waals surface area (Å²) >= 11 is 0. The van der Waals surface area contributed by atoms with Crippen LogP contribution in [0.25, 0.3) is 0 Å². The van der Waals surface area contributed by atoms with Crippen molar-refractivity contribution in [3.05, 3.63) is 76.4 Å². The van der Waals surface area contributed by atoms with Gasteiger partial charge in [0, 0.05) is 31.4 Å². The van der Waals surface area contributed by atoms with Gasteiger partial charge in [-0.3, -0.25) is 9.69 Å². The summed E-state index contributed by atoms with van der Waals surface area (Å²) in [4.78, 5) is 17.2. The van der Waals surface area contributed by atoms with Crippen molar-refractivity contribution in [2.75, 3.05) is 24.5 Å². The summed E-state index contributed by atoms with van der Waals surface area (Å²) in [5.41, 5.74) is 7.01. The molecule has 6 rings (SSSR count). The van der Waals surface area contributed by atoms with Gasteiger partial charge in [0.1, 0.15) is 12.2 Å². The molecule has 206 valence electrons. The van der Waals surface area contributed by atoms with Crippen molar-refractivity contribution < 1.29 is 18.0 Å². The molecule has 3 heterocycles. The van der Waals surface area contributed by atoms with Crippen molar-refractivity contribution >= 4 is 11.6 Å². The lowest BCUT2D eigenvalue weighted by atomic mass is 9.58. The molecule has 0 spiro atoms. The number of benzene rings is 2. The molecule has 2 N–H and O–H groups in total. The first-order chi connectivity index (χ1) is 18.6. The molecule has 39 heavy (non-hydrogen) atoms. The van der Waals surface area contributed by atoms with E-state index in [-0.39, 0.29) is 23.1 Å². The van der Waals surface area contributed by atoms with E-state index in [0.717, 1.165) is 43.7 Å². The number of carbonyl (C=O) groups is 1. The summed E-state index contributed by atoms with van der Waals surface area (Å²) in [6, 6.07) is 10.5. The van der Waals surface area contributed by atoms with Crippen molar-refractivity contribution in [1.82, 2.24) is 19.7 Å². The lowest BCUT2D eigenvalue weighted by Gasteiger charge is -2.46. The van der Waals surface area contributed by atoms with Crippen LogP contribution in [0.4, 0.5) is 18.9 Å². The van der Waals surface area contributed by atoms with Crippen LogP contribution in [0.1, 0.15) is 64.6 Å². The van der Waals surface area contributed by atoms with E-state index in [1.165, 1.54) is 11.0 Å². The van der Waals surface area contributed by atoms with E-state index in [4.69, 9.17) is 5.73 Å². The third-order valence-electron chi connectivity index (χ3n) is 8.76. The average molecular weight is 539 g/mol. The number of fused-ring (bicyclic) bond motifs is 1. The molecule has 0 radical (unpaired) electrons. The normalized spacial score (nSPS) is 25.3. The summed E-state index contributed by atoms with van der Waals surface area (Å²) in [6.45, 7) is 4.56. The lowest BCUT2D eigenvalue weighted by Crippen LogP contribution is -2.43. The fourth-order valence-electron chi connectivity index (χ4n) is 6.89. The molecular formula is C29H33F3N6O. The molecule has 1 atom stereocenters. The van der Waals surface area contributed by atoms with Crippen LogP contribution in [0.15, 0.2) is 42.7 Å². The highest BCUT2D eigenvalue weighted by Gasteiger charge is 2.48. The molecule has 1 saturated heterocycles. The molecule has 3 aliphatic rings. The van der Waals surface area contributed by atoms with E-state index in [2.05, 4.69) is 22.0 Å². The molecule has 1 aliphatic carbocycles. The van der Waals surface area contributed by atoms with Crippen LogP contribution in [0.5, 0.6) is 0 Å². The summed E-state index contributed by atoms with van der Waals surface area (Å²) < 4.78 is 44.6. The zero-order valence-electron chi connectivity index (χ0n) is 22.2. The van der Waals surface area contributed by atoms with Gasteiger partial charge in [-0.15, -0.1) is 10.2 Å². The van der Waals surface area contributed by atoms with Gasteiger partial charge in [0.2, 0.25) is 0 Å². The zero-order chi connectivity index (χ0) is 27.5. The maximum absolute atomic E-state index is 14.2. The molecular weight excluding hydrogens is 505 g/mol. The molecule has 3 aromatic rings. The molecule has 7 nitrogen and oxygen atoms in total. The molecule has 1 aromatic heterocycles. The van der Waals surface area contributed by atoms with Gasteiger partial charge in [-0.1, -0.05) is 19.1 Å². The van der Waals surface area contributed by atoms with E-state index in [1.54, 1.807) is 18.5 Å². The minimum atomic E-state index is -4.56. The van der Waals surface area contributed by atoms with Crippen LogP contribution >= 0.6 is 0 Å². The predicted molar refractivity (Wildman–Crippen MR) is 141 cm³/mol. The second-order valence-corrected chi connectivity index (χ2v) is 11.6. The van der Waals surface area contributed by atoms with Gasteiger partial charge in [-0.25, -0.2) is 0 Å². The highest BCUT2D eigenvalue weighted by molar-refractivity contribution is 6.10. The van der Waals surface area contributed by atoms with Crippen LogP contribution in [-0.4, -0.2) is 45.2 Å². The largest absolute Gasteiger partial charge is 0.416 e. The van der Waals surface area contributed by atoms with E-state index in [9.17, 15) is 18.0 Å². The fraction of sp³-hybridized carbons (Fsp3) is 0.483. The molecule has 10 heteroatoms. The van der Waals surface area contributed by atoms with Crippen molar-refractivity contribution in [2.45, 2.75) is 50.9 Å². The number of halogens is 3. The Morgan fingerprint density at radius 2 is 1.97 bits per heavy atom. The van der Waals surface area contributed by atoms with Gasteiger partial charge in [0.05, 0.1) is 17.5 Å². The Labute approximate surface area is 225 Å². The molecule has 2 fully saturated rings. The first kappa shape index (κ1) is 26.0. The van der Waals surface area contributed by atoms with Crippen molar-refractivity contribution in [2.24, 2.45) is 24.6 Å². The quantitative estimate of drug-likeness (QED) is 0.500. The molecule has 0 bridgehead atoms. The third kappa shape index (κ3) is 4.43. The number of nitrogens with zero attached hydrogens (tertiary/aromatic N) is 5. The first-order valence-electron chi connectivity index (χ1n) is 13.5. The van der Waals surface area contributed by atoms with E-state index >= 15 is 0 Å². The standard InChI is InChI=1S/C29H33F3N6O/c1-18-11-28(12-18,27-35-34-17-36(27)2)21-4-3-5-22(10-21)38-16-24-23(26(38)39)8-20(9-25(24)29(30,31)32)15-37-7-6-19(13-33)14-37/h3-5,8-10,17-19H,6-7,11-16,33H2,1-2H3/t18?,19-,28?/m1/s1. The maximum Gasteiger partial charge on any atom is 0.416 e. The van der Waals surface area contributed by atoms with Gasteiger partial charge in [0.25, 0.3) is 5.91 Å². The highest BCUT2D eigenvalue weighted by Crippen LogP contribution is 2.52. The number of aromatic nitrogens is 3. The zero-order valence-corrected chi connectivity index (χ0v) is 22.2. The minimum Gasteiger partial charge on any atom is -0.330 e. The summed E-state index contributed by atoms with van der Waals surface area (Å²) in [5.74, 6) is 1.32. The number of anilines is 1. The highest BCUT2D eigenvalue weighted by atomic mass is 19.4. The van der Waals surface area contributed by atoms with Crippen LogP contribution in [0.2, 0.25) is 0 Å². The van der Waals surface area contributed by atoms with Crippen molar-refractivity contribution in [3.8, 4) is 0 Å². The smallest absolute Gasteiger partial charge is 0.330 e. The number of hydrogen-bond acceptors (Lipinski definition) is 5. The summed E-state index contributed by atoms with van der Waals surface area (Å²) in [6.07, 6.45) is -0.161. The van der Waals surface area contributed by atoms with E-state index in [1.807, 2.05) is 29.8 Å². The summed E-state index contributed by atoms with van der Waals surface area (Å²) in [7, 11) is 1.92. The molecule has 2 aliphatic heterocycles. The second-order valence-electron chi connectivity index (χ2n) is 11.6. The number of alkyl halides is 3. The van der Waals surface area contributed by atoms with Gasteiger partial charge >= 0.3 is 6.18 Å². The van der Waals surface area contributed by atoms with E-state index < -0.39 is 17.6 Å². The van der Waals surface area contributed by atoms with E-state index in [0.29, 0.717) is 36.2 Å². The number of amides is 1. The topological polar surface area (TPSA) is 80.3 Å².